The van der Waals surface area contributed by atoms with Gasteiger partial charge in [-0.2, -0.15) is 0 Å². The number of carboxylic acid groups (broad SMARTS) is 1. The molecule has 1 aliphatic heterocycles. The number of hydrogen-bond donors (Lipinski definition) is 6. The van der Waals surface area contributed by atoms with Gasteiger partial charge in [0.25, 0.3) is 0 Å². The second-order valence-electron chi connectivity index (χ2n) is 26.4. The highest BCUT2D eigenvalue weighted by Crippen LogP contribution is 2.51. The van der Waals surface area contributed by atoms with Crippen LogP contribution in [0.15, 0.2) is 21.8 Å². The highest BCUT2D eigenvalue weighted by atomic mass is 32.2. The number of carbonyl (C=O) groups excluding carboxylic acids is 3. The number of hydrogen-bond acceptors (Lipinski definition) is 10. The van der Waals surface area contributed by atoms with Crippen LogP contribution in [0.5, 0.6) is 0 Å². The molecule has 2 amide bonds. The number of esters is 1. The molecule has 6 atom stereocenters. The predicted octanol–water partition coefficient (Wildman–Crippen LogP) is 11.8. The first-order chi connectivity index (χ1) is 31.9. The van der Waals surface area contributed by atoms with E-state index in [-0.39, 0.29) is 98.6 Å². The van der Waals surface area contributed by atoms with Gasteiger partial charge >= 0.3 is 11.9 Å². The van der Waals surface area contributed by atoms with Crippen LogP contribution in [0.25, 0.3) is 6.08 Å². The average Bonchev–Trinajstić information content (AvgIpc) is 3.73. The molecule has 0 radical (unpaired) electrons. The SMILES string of the molecule is CC(C)C1=C(C(=O)OC2C(C(C)(C)C)CCCC2C(C)(C)C)C(NC(=O)C(C)(C)C)=N/C1=C\c1[nH]c(NC(=O)C(C)SCCC(=O)O)c(C(O)OC2C(C(C)(C)C)CC(O)CC2C(C)(C)C)c1C(C)C. The van der Waals surface area contributed by atoms with Crippen molar-refractivity contribution >= 4 is 53.2 Å². The summed E-state index contributed by atoms with van der Waals surface area (Å²) in [6.07, 6.45) is 2.68. The Labute approximate surface area is 425 Å². The molecule has 0 saturated heterocycles. The maximum absolute atomic E-state index is 15.1. The number of carbonyl (C=O) groups is 4. The number of rotatable bonds is 14. The molecule has 0 aromatic carbocycles. The summed E-state index contributed by atoms with van der Waals surface area (Å²) >= 11 is 1.21. The summed E-state index contributed by atoms with van der Waals surface area (Å²) in [6, 6.07) is 0. The Morgan fingerprint density at radius 3 is 1.71 bits per heavy atom. The van der Waals surface area contributed by atoms with E-state index in [0.717, 1.165) is 19.3 Å². The first kappa shape index (κ1) is 59.1. The molecule has 2 heterocycles. The molecular formula is C56H92N4O9S. The minimum Gasteiger partial charge on any atom is -0.481 e. The third kappa shape index (κ3) is 14.4. The molecule has 70 heavy (non-hydrogen) atoms. The molecular weight excluding hydrogens is 905 g/mol. The second kappa shape index (κ2) is 22.3. The van der Waals surface area contributed by atoms with Crippen LogP contribution in [0, 0.1) is 56.7 Å². The van der Waals surface area contributed by atoms with Crippen molar-refractivity contribution in [3.63, 3.8) is 0 Å². The lowest BCUT2D eigenvalue weighted by Crippen LogP contribution is -2.50. The van der Waals surface area contributed by atoms with Crippen molar-refractivity contribution in [3.05, 3.63) is 33.7 Å². The first-order valence-corrected chi connectivity index (χ1v) is 26.9. The van der Waals surface area contributed by atoms with Crippen molar-refractivity contribution in [1.29, 1.82) is 0 Å². The Kier molecular flexibility index (Phi) is 18.9. The van der Waals surface area contributed by atoms with Crippen LogP contribution in [0.4, 0.5) is 5.82 Å². The standard InChI is InChI=1S/C56H92N4O9S/c1-29(2)40-37(57-46(59-48(64)31(5)70-25-24-39(62)63)42(40)49(65)69-45-35(54(12,13)14)26-32(61)27-36(45)55(15,16)17)28-38-41(30(3)4)43(47(58-38)60-51(67)56(18,19)20)50(66)68-44-33(52(6,7)8)22-21-23-34(44)53(9,10)11/h28-36,44-45,49,57,61,65H,21-27H2,1-20H3,(H,59,64)(H,62,63)(H,58,60,67)/b38-28-. The molecule has 6 unspecified atom stereocenters. The Bertz CT molecular complexity index is 2100. The lowest BCUT2D eigenvalue weighted by atomic mass is 9.60. The molecule has 6 N–H and O–H groups in total. The largest absolute Gasteiger partial charge is 0.481 e. The Balaban J connectivity index is 2.00. The van der Waals surface area contributed by atoms with Crippen LogP contribution in [-0.4, -0.2) is 79.2 Å². The van der Waals surface area contributed by atoms with Gasteiger partial charge in [-0.3, -0.25) is 14.4 Å². The van der Waals surface area contributed by atoms with E-state index in [9.17, 15) is 29.7 Å². The molecule has 2 aliphatic carbocycles. The maximum Gasteiger partial charge on any atom is 0.342 e. The normalized spacial score (nSPS) is 25.6. The number of H-pyrrole nitrogens is 1. The molecule has 4 rings (SSSR count). The zero-order valence-corrected chi connectivity index (χ0v) is 47.3. The van der Waals surface area contributed by atoms with E-state index < -0.39 is 47.0 Å². The quantitative estimate of drug-likeness (QED) is 0.0770. The topological polar surface area (TPSA) is 200 Å². The van der Waals surface area contributed by atoms with Crippen molar-refractivity contribution in [1.82, 2.24) is 10.3 Å². The number of amides is 2. The van der Waals surface area contributed by atoms with Crippen LogP contribution in [-0.2, 0) is 28.7 Å². The molecule has 2 fully saturated rings. The number of aliphatic hydroxyl groups is 2. The number of carboxylic acids is 1. The van der Waals surface area contributed by atoms with E-state index in [2.05, 4.69) is 98.7 Å². The molecule has 13 nitrogen and oxygen atoms in total. The number of anilines is 1. The second-order valence-corrected chi connectivity index (χ2v) is 27.9. The molecule has 1 aromatic heterocycles. The Hall–Kier alpha value is -3.46. The molecule has 14 heteroatoms. The Morgan fingerprint density at radius 2 is 1.27 bits per heavy atom. The maximum atomic E-state index is 15.1. The van der Waals surface area contributed by atoms with Gasteiger partial charge in [0.1, 0.15) is 23.3 Å². The van der Waals surface area contributed by atoms with Gasteiger partial charge in [-0.15, -0.1) is 11.8 Å². The number of aliphatic hydroxyl groups excluding tert-OH is 2. The van der Waals surface area contributed by atoms with E-state index in [0.29, 0.717) is 40.9 Å². The first-order valence-electron chi connectivity index (χ1n) is 25.8. The number of aliphatic carboxylic acids is 1. The van der Waals surface area contributed by atoms with Crippen molar-refractivity contribution in [2.75, 3.05) is 11.1 Å². The summed E-state index contributed by atoms with van der Waals surface area (Å²) in [5.74, 6) is -2.25. The minimum absolute atomic E-state index is 0.0982. The number of nitrogens with zero attached hydrogens (tertiary/aromatic N) is 1. The van der Waals surface area contributed by atoms with E-state index in [1.165, 1.54) is 11.8 Å². The number of aliphatic imine (C=N–C) groups is 1. The smallest absolute Gasteiger partial charge is 0.342 e. The van der Waals surface area contributed by atoms with E-state index in [1.807, 2.05) is 33.8 Å². The molecule has 0 spiro atoms. The number of nitrogens with one attached hydrogen (secondary N) is 3. The van der Waals surface area contributed by atoms with Crippen LogP contribution in [0.3, 0.4) is 0 Å². The van der Waals surface area contributed by atoms with Gasteiger partial charge in [-0.05, 0) is 95.2 Å². The van der Waals surface area contributed by atoms with E-state index in [1.54, 1.807) is 27.7 Å². The molecule has 1 aromatic rings. The summed E-state index contributed by atoms with van der Waals surface area (Å²) in [7, 11) is 0. The average molecular weight is 997 g/mol. The van der Waals surface area contributed by atoms with Crippen molar-refractivity contribution in [3.8, 4) is 0 Å². The van der Waals surface area contributed by atoms with Gasteiger partial charge in [0.2, 0.25) is 11.8 Å². The molecule has 396 valence electrons. The zero-order valence-electron chi connectivity index (χ0n) is 46.5. The third-order valence-electron chi connectivity index (χ3n) is 14.9. The third-order valence-corrected chi connectivity index (χ3v) is 16.0. The molecule has 3 aliphatic rings. The van der Waals surface area contributed by atoms with Crippen LogP contribution >= 0.6 is 11.8 Å². The summed E-state index contributed by atoms with van der Waals surface area (Å²) in [6.45, 7) is 41.0. The highest BCUT2D eigenvalue weighted by molar-refractivity contribution is 8.00. The van der Waals surface area contributed by atoms with Crippen molar-refractivity contribution in [2.24, 2.45) is 61.7 Å². The van der Waals surface area contributed by atoms with Gasteiger partial charge in [0, 0.05) is 28.7 Å². The molecule has 2 saturated carbocycles. The lowest BCUT2D eigenvalue weighted by molar-refractivity contribution is -0.215. The number of allylic oxidation sites excluding steroid dienone is 1. The number of thioether (sulfide) groups is 1. The van der Waals surface area contributed by atoms with Gasteiger partial charge in [0.15, 0.2) is 6.29 Å². The van der Waals surface area contributed by atoms with Gasteiger partial charge in [0.05, 0.1) is 35.1 Å². The number of aromatic nitrogens is 1. The summed E-state index contributed by atoms with van der Waals surface area (Å²) in [4.78, 5) is 62.9. The van der Waals surface area contributed by atoms with Gasteiger partial charge in [-0.25, -0.2) is 9.79 Å². The monoisotopic (exact) mass is 997 g/mol. The Morgan fingerprint density at radius 1 is 0.757 bits per heavy atom. The fourth-order valence-corrected chi connectivity index (χ4v) is 11.7. The number of ether oxygens (including phenoxy) is 2. The van der Waals surface area contributed by atoms with E-state index in [4.69, 9.17) is 14.5 Å². The summed E-state index contributed by atoms with van der Waals surface area (Å²) in [5, 5.41) is 38.5. The van der Waals surface area contributed by atoms with Gasteiger partial charge in [-0.1, -0.05) is 138 Å². The highest BCUT2D eigenvalue weighted by Gasteiger charge is 2.50. The van der Waals surface area contributed by atoms with E-state index >= 15 is 4.79 Å². The fourth-order valence-electron chi connectivity index (χ4n) is 10.9. The molecule has 0 bridgehead atoms. The minimum atomic E-state index is -1.54. The predicted molar refractivity (Wildman–Crippen MR) is 283 cm³/mol. The van der Waals surface area contributed by atoms with Crippen molar-refractivity contribution in [2.45, 2.75) is 213 Å². The lowest BCUT2D eigenvalue weighted by Gasteiger charge is -2.50. The van der Waals surface area contributed by atoms with Gasteiger partial charge < -0.3 is 40.4 Å². The fraction of sp³-hybridized carbons (Fsp3) is 0.768. The van der Waals surface area contributed by atoms with Crippen LogP contribution in [0.2, 0.25) is 0 Å². The summed E-state index contributed by atoms with van der Waals surface area (Å²) < 4.78 is 13.7. The van der Waals surface area contributed by atoms with Crippen LogP contribution < -0.4 is 10.6 Å². The number of amidine groups is 1. The summed E-state index contributed by atoms with van der Waals surface area (Å²) in [5.41, 5.74) is 1.01. The van der Waals surface area contributed by atoms with Crippen molar-refractivity contribution < 1.29 is 44.0 Å². The van der Waals surface area contributed by atoms with Crippen LogP contribution in [0.1, 0.15) is 206 Å². The zero-order chi connectivity index (χ0) is 53.4. The number of aromatic amines is 1.